The van der Waals surface area contributed by atoms with E-state index in [-0.39, 0.29) is 12.5 Å². The van der Waals surface area contributed by atoms with Gasteiger partial charge in [0, 0.05) is 6.54 Å². The Kier molecular flexibility index (Phi) is 4.56. The standard InChI is InChI=1S/C21H16N2O3S/c24-19(12-23-20(25)17-7-3-4-8-18(17)21(23)26)22-11-14-5-1-2-6-16(14)15-9-10-27-13-15/h1-10,13H,11-12H2,(H,22,24). The van der Waals surface area contributed by atoms with Crippen LogP contribution in [0.4, 0.5) is 0 Å². The number of hydrogen-bond acceptors (Lipinski definition) is 4. The maximum absolute atomic E-state index is 12.4. The molecule has 2 heterocycles. The van der Waals surface area contributed by atoms with Gasteiger partial charge in [0.05, 0.1) is 11.1 Å². The second-order valence-electron chi connectivity index (χ2n) is 6.19. The van der Waals surface area contributed by atoms with Gasteiger partial charge >= 0.3 is 0 Å². The largest absolute Gasteiger partial charge is 0.350 e. The quantitative estimate of drug-likeness (QED) is 0.695. The van der Waals surface area contributed by atoms with Crippen LogP contribution in [-0.4, -0.2) is 29.2 Å². The molecule has 0 unspecified atom stereocenters. The summed E-state index contributed by atoms with van der Waals surface area (Å²) in [6.07, 6.45) is 0. The van der Waals surface area contributed by atoms with Crippen molar-refractivity contribution in [3.63, 3.8) is 0 Å². The molecule has 1 aliphatic rings. The first kappa shape index (κ1) is 17.2. The van der Waals surface area contributed by atoms with Crippen molar-refractivity contribution in [3.05, 3.63) is 82.0 Å². The Bertz CT molecular complexity index is 992. The average Bonchev–Trinajstić information content (AvgIpc) is 3.31. The highest BCUT2D eigenvalue weighted by molar-refractivity contribution is 7.08. The lowest BCUT2D eigenvalue weighted by Gasteiger charge is -2.14. The molecule has 2 aromatic carbocycles. The first-order valence-electron chi connectivity index (χ1n) is 8.47. The van der Waals surface area contributed by atoms with E-state index < -0.39 is 11.8 Å². The number of amides is 3. The van der Waals surface area contributed by atoms with Gasteiger partial charge in [0.25, 0.3) is 11.8 Å². The van der Waals surface area contributed by atoms with Crippen molar-refractivity contribution < 1.29 is 14.4 Å². The van der Waals surface area contributed by atoms with Crippen molar-refractivity contribution in [2.24, 2.45) is 0 Å². The molecule has 4 rings (SSSR count). The van der Waals surface area contributed by atoms with E-state index in [4.69, 9.17) is 0 Å². The summed E-state index contributed by atoms with van der Waals surface area (Å²) in [5.74, 6) is -1.22. The van der Waals surface area contributed by atoms with E-state index in [0.29, 0.717) is 17.7 Å². The van der Waals surface area contributed by atoms with Crippen LogP contribution in [0.15, 0.2) is 65.4 Å². The lowest BCUT2D eigenvalue weighted by Crippen LogP contribution is -2.40. The first-order valence-corrected chi connectivity index (χ1v) is 9.42. The summed E-state index contributed by atoms with van der Waals surface area (Å²) >= 11 is 1.61. The number of thiophene rings is 1. The lowest BCUT2D eigenvalue weighted by molar-refractivity contribution is -0.121. The van der Waals surface area contributed by atoms with Crippen LogP contribution in [0.5, 0.6) is 0 Å². The summed E-state index contributed by atoms with van der Waals surface area (Å²) in [6.45, 7) is 0.0426. The molecule has 27 heavy (non-hydrogen) atoms. The predicted octanol–water partition coefficient (Wildman–Crippen LogP) is 3.33. The number of hydrogen-bond donors (Lipinski definition) is 1. The molecule has 0 radical (unpaired) electrons. The summed E-state index contributed by atoms with van der Waals surface area (Å²) in [4.78, 5) is 38.1. The van der Waals surface area contributed by atoms with Crippen molar-refractivity contribution in [3.8, 4) is 11.1 Å². The Hall–Kier alpha value is -3.25. The fraction of sp³-hybridized carbons (Fsp3) is 0.0952. The second-order valence-corrected chi connectivity index (χ2v) is 6.97. The molecule has 6 heteroatoms. The van der Waals surface area contributed by atoms with Gasteiger partial charge in [-0.25, -0.2) is 0 Å². The summed E-state index contributed by atoms with van der Waals surface area (Å²) in [5, 5.41) is 6.88. The van der Waals surface area contributed by atoms with Crippen LogP contribution in [0, 0.1) is 0 Å². The molecule has 1 N–H and O–H groups in total. The number of carbonyl (C=O) groups excluding carboxylic acids is 3. The van der Waals surface area contributed by atoms with Crippen molar-refractivity contribution in [2.45, 2.75) is 6.54 Å². The fourth-order valence-corrected chi connectivity index (χ4v) is 3.81. The van der Waals surface area contributed by atoms with Gasteiger partial charge < -0.3 is 5.32 Å². The Morgan fingerprint density at radius 1 is 0.889 bits per heavy atom. The summed E-state index contributed by atoms with van der Waals surface area (Å²) in [7, 11) is 0. The molecule has 0 atom stereocenters. The van der Waals surface area contributed by atoms with Gasteiger partial charge in [0.15, 0.2) is 0 Å². The number of nitrogens with one attached hydrogen (secondary N) is 1. The zero-order chi connectivity index (χ0) is 18.8. The number of imide groups is 1. The van der Waals surface area contributed by atoms with Gasteiger partial charge in [-0.05, 0) is 45.6 Å². The number of rotatable bonds is 5. The van der Waals surface area contributed by atoms with E-state index in [2.05, 4.69) is 10.7 Å². The van der Waals surface area contributed by atoms with Crippen molar-refractivity contribution in [2.75, 3.05) is 6.54 Å². The highest BCUT2D eigenvalue weighted by atomic mass is 32.1. The van der Waals surface area contributed by atoms with Crippen LogP contribution in [0.3, 0.4) is 0 Å². The predicted molar refractivity (Wildman–Crippen MR) is 103 cm³/mol. The molecule has 134 valence electrons. The minimum absolute atomic E-state index is 0.285. The van der Waals surface area contributed by atoms with E-state index in [1.54, 1.807) is 35.6 Å². The maximum atomic E-state index is 12.4. The topological polar surface area (TPSA) is 66.5 Å². The van der Waals surface area contributed by atoms with E-state index in [9.17, 15) is 14.4 Å². The van der Waals surface area contributed by atoms with Crippen LogP contribution in [0.2, 0.25) is 0 Å². The molecule has 0 aliphatic carbocycles. The van der Waals surface area contributed by atoms with Crippen LogP contribution in [0.25, 0.3) is 11.1 Å². The molecular formula is C21H16N2O3S. The van der Waals surface area contributed by atoms with Gasteiger partial charge in [-0.2, -0.15) is 11.3 Å². The third kappa shape index (κ3) is 3.27. The monoisotopic (exact) mass is 376 g/mol. The molecule has 3 amide bonds. The number of fused-ring (bicyclic) bond motifs is 1. The van der Waals surface area contributed by atoms with Gasteiger partial charge in [-0.1, -0.05) is 36.4 Å². The molecule has 5 nitrogen and oxygen atoms in total. The van der Waals surface area contributed by atoms with Gasteiger partial charge in [-0.15, -0.1) is 0 Å². The van der Waals surface area contributed by atoms with Crippen molar-refractivity contribution in [1.29, 1.82) is 0 Å². The van der Waals surface area contributed by atoms with Crippen LogP contribution >= 0.6 is 11.3 Å². The molecule has 0 fully saturated rings. The molecule has 0 saturated carbocycles. The molecular weight excluding hydrogens is 360 g/mol. The van der Waals surface area contributed by atoms with E-state index >= 15 is 0 Å². The molecule has 3 aromatic rings. The number of benzene rings is 2. The van der Waals surface area contributed by atoms with E-state index in [1.165, 1.54) is 0 Å². The normalized spacial score (nSPS) is 13.0. The zero-order valence-corrected chi connectivity index (χ0v) is 15.2. The average molecular weight is 376 g/mol. The Labute approximate surface area is 160 Å². The maximum Gasteiger partial charge on any atom is 0.262 e. The molecule has 0 saturated heterocycles. The van der Waals surface area contributed by atoms with E-state index in [1.807, 2.05) is 35.7 Å². The Balaban J connectivity index is 1.43. The van der Waals surface area contributed by atoms with Crippen LogP contribution in [-0.2, 0) is 11.3 Å². The van der Waals surface area contributed by atoms with E-state index in [0.717, 1.165) is 21.6 Å². The summed E-state index contributed by atoms with van der Waals surface area (Å²) in [5.41, 5.74) is 3.83. The highest BCUT2D eigenvalue weighted by Crippen LogP contribution is 2.26. The zero-order valence-electron chi connectivity index (χ0n) is 14.3. The third-order valence-electron chi connectivity index (χ3n) is 4.51. The van der Waals surface area contributed by atoms with Crippen LogP contribution < -0.4 is 5.32 Å². The molecule has 0 spiro atoms. The molecule has 1 aliphatic heterocycles. The smallest absolute Gasteiger partial charge is 0.262 e. The first-order chi connectivity index (χ1) is 13.1. The summed E-state index contributed by atoms with van der Waals surface area (Å²) < 4.78 is 0. The molecule has 1 aromatic heterocycles. The summed E-state index contributed by atoms with van der Waals surface area (Å²) in [6, 6.07) is 16.5. The van der Waals surface area contributed by atoms with Gasteiger partial charge in [-0.3, -0.25) is 19.3 Å². The number of nitrogens with zero attached hydrogens (tertiary/aromatic N) is 1. The number of carbonyl (C=O) groups is 3. The minimum atomic E-state index is -0.426. The van der Waals surface area contributed by atoms with Crippen LogP contribution in [0.1, 0.15) is 26.3 Å². The van der Waals surface area contributed by atoms with Crippen molar-refractivity contribution in [1.82, 2.24) is 10.2 Å². The molecule has 0 bridgehead atoms. The fourth-order valence-electron chi connectivity index (χ4n) is 3.15. The van der Waals surface area contributed by atoms with Crippen molar-refractivity contribution >= 4 is 29.1 Å². The Morgan fingerprint density at radius 2 is 1.52 bits per heavy atom. The second kappa shape index (κ2) is 7.17. The minimum Gasteiger partial charge on any atom is -0.350 e. The Morgan fingerprint density at radius 3 is 2.15 bits per heavy atom. The van der Waals surface area contributed by atoms with Gasteiger partial charge in [0.1, 0.15) is 6.54 Å². The van der Waals surface area contributed by atoms with Gasteiger partial charge in [0.2, 0.25) is 5.91 Å². The highest BCUT2D eigenvalue weighted by Gasteiger charge is 2.36. The lowest BCUT2D eigenvalue weighted by atomic mass is 10.0. The third-order valence-corrected chi connectivity index (χ3v) is 5.19. The SMILES string of the molecule is O=C(CN1C(=O)c2ccccc2C1=O)NCc1ccccc1-c1ccsc1.